The van der Waals surface area contributed by atoms with Gasteiger partial charge in [-0.15, -0.1) is 0 Å². The molecule has 2 aliphatic heterocycles. The number of hydrogen-bond donors (Lipinski definition) is 0. The van der Waals surface area contributed by atoms with Gasteiger partial charge < -0.3 is 9.47 Å². The normalized spacial score (nSPS) is 51.8. The minimum absolute atomic E-state index is 0.00403. The Balaban J connectivity index is 1.78. The molecular formula is C15H18O4. The number of rotatable bonds is 0. The SMILES string of the molecule is C=C1C(=O)OC2CC(C)C3C4CC(=O)C3(CO4)CC12. The lowest BCUT2D eigenvalue weighted by atomic mass is 9.70. The molecule has 2 saturated heterocycles. The van der Waals surface area contributed by atoms with Gasteiger partial charge in [-0.3, -0.25) is 4.79 Å². The standard InChI is InChI=1S/C15H18O4/c1-7-3-10-9(8(2)14(17)19-10)5-15-6-18-11(13(7)15)4-12(15)16/h7,9-11,13H,2-6H2,1H3. The molecule has 2 bridgehead atoms. The average molecular weight is 262 g/mol. The number of ketones is 1. The maximum Gasteiger partial charge on any atom is 0.334 e. The highest BCUT2D eigenvalue weighted by Gasteiger charge is 2.65. The molecule has 2 saturated carbocycles. The Morgan fingerprint density at radius 3 is 2.84 bits per heavy atom. The van der Waals surface area contributed by atoms with Gasteiger partial charge in [0.2, 0.25) is 0 Å². The first-order valence-corrected chi connectivity index (χ1v) is 7.07. The number of Topliss-reactive ketones (excluding diaryl/α,β-unsaturated/α-hetero) is 1. The molecule has 0 amide bonds. The van der Waals surface area contributed by atoms with Crippen LogP contribution in [0, 0.1) is 23.2 Å². The van der Waals surface area contributed by atoms with Crippen molar-refractivity contribution in [3.8, 4) is 0 Å². The minimum Gasteiger partial charge on any atom is -0.458 e. The molecule has 4 aliphatic rings. The topological polar surface area (TPSA) is 52.6 Å². The highest BCUT2D eigenvalue weighted by Crippen LogP contribution is 2.59. The third kappa shape index (κ3) is 1.28. The summed E-state index contributed by atoms with van der Waals surface area (Å²) >= 11 is 0. The predicted molar refractivity (Wildman–Crippen MR) is 66.2 cm³/mol. The summed E-state index contributed by atoms with van der Waals surface area (Å²) in [7, 11) is 0. The lowest BCUT2D eigenvalue weighted by molar-refractivity contribution is -0.139. The van der Waals surface area contributed by atoms with E-state index in [0.29, 0.717) is 42.6 Å². The van der Waals surface area contributed by atoms with Crippen molar-refractivity contribution in [2.45, 2.75) is 38.4 Å². The van der Waals surface area contributed by atoms with Crippen LogP contribution in [0.1, 0.15) is 26.2 Å². The summed E-state index contributed by atoms with van der Waals surface area (Å²) in [6, 6.07) is 0. The fourth-order valence-corrected chi connectivity index (χ4v) is 4.91. The van der Waals surface area contributed by atoms with Gasteiger partial charge in [0.15, 0.2) is 0 Å². The van der Waals surface area contributed by atoms with Crippen molar-refractivity contribution in [2.24, 2.45) is 23.2 Å². The van der Waals surface area contributed by atoms with Gasteiger partial charge >= 0.3 is 5.97 Å². The third-order valence-electron chi connectivity index (χ3n) is 5.75. The molecule has 0 aromatic rings. The summed E-state index contributed by atoms with van der Waals surface area (Å²) in [4.78, 5) is 24.1. The van der Waals surface area contributed by atoms with Crippen molar-refractivity contribution in [1.29, 1.82) is 0 Å². The van der Waals surface area contributed by atoms with Crippen LogP contribution in [0.15, 0.2) is 12.2 Å². The molecule has 2 aliphatic carbocycles. The van der Waals surface area contributed by atoms with Gasteiger partial charge in [-0.05, 0) is 18.8 Å². The van der Waals surface area contributed by atoms with Crippen LogP contribution in [0.3, 0.4) is 0 Å². The highest BCUT2D eigenvalue weighted by atomic mass is 16.6. The van der Waals surface area contributed by atoms with Crippen LogP contribution in [-0.2, 0) is 19.1 Å². The van der Waals surface area contributed by atoms with E-state index in [1.54, 1.807) is 0 Å². The lowest BCUT2D eigenvalue weighted by Crippen LogP contribution is -2.37. The van der Waals surface area contributed by atoms with E-state index < -0.39 is 0 Å². The minimum atomic E-state index is -0.375. The number of fused-ring (bicyclic) bond motifs is 1. The summed E-state index contributed by atoms with van der Waals surface area (Å²) in [6.45, 7) is 6.57. The Labute approximate surface area is 112 Å². The summed E-state index contributed by atoms with van der Waals surface area (Å²) in [5.41, 5.74) is 0.177. The molecule has 4 nitrogen and oxygen atoms in total. The third-order valence-corrected chi connectivity index (χ3v) is 5.75. The predicted octanol–water partition coefficient (Wildman–Crippen LogP) is 1.49. The quantitative estimate of drug-likeness (QED) is 0.490. The molecule has 4 heteroatoms. The van der Waals surface area contributed by atoms with Crippen LogP contribution in [0.4, 0.5) is 0 Å². The van der Waals surface area contributed by atoms with Crippen LogP contribution in [-0.4, -0.2) is 30.6 Å². The number of hydrogen-bond acceptors (Lipinski definition) is 4. The number of carbonyl (C=O) groups excluding carboxylic acids is 2. The zero-order valence-electron chi connectivity index (χ0n) is 11.1. The van der Waals surface area contributed by atoms with Crippen LogP contribution in [0.2, 0.25) is 0 Å². The summed E-state index contributed by atoms with van der Waals surface area (Å²) in [5, 5.41) is 0. The Hall–Kier alpha value is -1.16. The van der Waals surface area contributed by atoms with E-state index >= 15 is 0 Å². The van der Waals surface area contributed by atoms with E-state index in [9.17, 15) is 9.59 Å². The van der Waals surface area contributed by atoms with Gasteiger partial charge in [0.1, 0.15) is 11.9 Å². The van der Waals surface area contributed by atoms with Crippen molar-refractivity contribution in [2.75, 3.05) is 6.61 Å². The van der Waals surface area contributed by atoms with Crippen LogP contribution >= 0.6 is 0 Å². The molecule has 19 heavy (non-hydrogen) atoms. The van der Waals surface area contributed by atoms with E-state index in [4.69, 9.17) is 9.47 Å². The first-order chi connectivity index (χ1) is 9.03. The molecule has 2 heterocycles. The Bertz CT molecular complexity index is 496. The smallest absolute Gasteiger partial charge is 0.334 e. The van der Waals surface area contributed by atoms with E-state index in [1.165, 1.54) is 0 Å². The van der Waals surface area contributed by atoms with Gasteiger partial charge in [-0.2, -0.15) is 0 Å². The van der Waals surface area contributed by atoms with E-state index in [0.717, 1.165) is 6.42 Å². The zero-order chi connectivity index (χ0) is 13.4. The van der Waals surface area contributed by atoms with E-state index in [1.807, 2.05) is 0 Å². The van der Waals surface area contributed by atoms with Crippen molar-refractivity contribution in [3.05, 3.63) is 12.2 Å². The number of esters is 1. The number of ether oxygens (including phenoxy) is 2. The van der Waals surface area contributed by atoms with Crippen LogP contribution < -0.4 is 0 Å². The summed E-state index contributed by atoms with van der Waals surface area (Å²) in [5.74, 6) is 0.709. The Morgan fingerprint density at radius 1 is 1.32 bits per heavy atom. The fourth-order valence-electron chi connectivity index (χ4n) is 4.91. The molecule has 102 valence electrons. The molecule has 6 atom stereocenters. The second-order valence-corrected chi connectivity index (χ2v) is 6.65. The second-order valence-electron chi connectivity index (χ2n) is 6.65. The second kappa shape index (κ2) is 3.48. The maximum absolute atomic E-state index is 12.4. The van der Waals surface area contributed by atoms with Crippen LogP contribution in [0.5, 0.6) is 0 Å². The van der Waals surface area contributed by atoms with Gasteiger partial charge in [0.25, 0.3) is 0 Å². The van der Waals surface area contributed by atoms with Crippen LogP contribution in [0.25, 0.3) is 0 Å². The van der Waals surface area contributed by atoms with E-state index in [2.05, 4.69) is 13.5 Å². The van der Waals surface area contributed by atoms with Crippen molar-refractivity contribution >= 4 is 11.8 Å². The van der Waals surface area contributed by atoms with Gasteiger partial charge in [-0.25, -0.2) is 4.79 Å². The zero-order valence-corrected chi connectivity index (χ0v) is 11.1. The van der Waals surface area contributed by atoms with Gasteiger partial charge in [0, 0.05) is 23.8 Å². The maximum atomic E-state index is 12.4. The first kappa shape index (κ1) is 11.6. The van der Waals surface area contributed by atoms with E-state index in [-0.39, 0.29) is 29.5 Å². The highest BCUT2D eigenvalue weighted by molar-refractivity contribution is 5.92. The molecule has 0 aromatic carbocycles. The van der Waals surface area contributed by atoms with Crippen molar-refractivity contribution in [3.63, 3.8) is 0 Å². The Morgan fingerprint density at radius 2 is 2.11 bits per heavy atom. The fraction of sp³-hybridized carbons (Fsp3) is 0.733. The number of carbonyl (C=O) groups is 2. The van der Waals surface area contributed by atoms with Gasteiger partial charge in [0.05, 0.1) is 18.1 Å². The average Bonchev–Trinajstić information content (AvgIpc) is 2.90. The molecule has 6 unspecified atom stereocenters. The summed E-state index contributed by atoms with van der Waals surface area (Å²) < 4.78 is 11.3. The molecular weight excluding hydrogens is 244 g/mol. The summed E-state index contributed by atoms with van der Waals surface area (Å²) in [6.07, 6.45) is 2.07. The monoisotopic (exact) mass is 262 g/mol. The largest absolute Gasteiger partial charge is 0.458 e. The lowest BCUT2D eigenvalue weighted by Gasteiger charge is -2.30. The van der Waals surface area contributed by atoms with Crippen molar-refractivity contribution < 1.29 is 19.1 Å². The first-order valence-electron chi connectivity index (χ1n) is 7.07. The Kier molecular flexibility index (Phi) is 2.13. The van der Waals surface area contributed by atoms with Gasteiger partial charge in [-0.1, -0.05) is 13.5 Å². The molecule has 0 spiro atoms. The molecule has 0 aromatic heterocycles. The molecule has 0 radical (unpaired) electrons. The molecule has 4 fully saturated rings. The molecule has 4 rings (SSSR count). The molecule has 0 N–H and O–H groups in total. The van der Waals surface area contributed by atoms with Crippen molar-refractivity contribution in [1.82, 2.24) is 0 Å².